The highest BCUT2D eigenvalue weighted by Crippen LogP contribution is 2.46. The van der Waals surface area contributed by atoms with Crippen molar-refractivity contribution >= 4 is 29.1 Å². The van der Waals surface area contributed by atoms with E-state index in [1.807, 2.05) is 0 Å². The number of hydrogen-bond donors (Lipinski definition) is 3. The average Bonchev–Trinajstić information content (AvgIpc) is 3.14. The number of rotatable bonds is 5. The maximum atomic E-state index is 15.0. The highest BCUT2D eigenvalue weighted by atomic mass is 35.5. The number of aliphatic hydroxyl groups is 1. The number of carbonyl (C=O) groups is 1. The third kappa shape index (κ3) is 4.66. The van der Waals surface area contributed by atoms with E-state index in [0.29, 0.717) is 39.1 Å². The van der Waals surface area contributed by atoms with Gasteiger partial charge in [0.25, 0.3) is 5.56 Å². The van der Waals surface area contributed by atoms with E-state index in [1.54, 1.807) is 43.3 Å². The zero-order valence-electron chi connectivity index (χ0n) is 19.4. The quantitative estimate of drug-likeness (QED) is 0.449. The second-order valence-corrected chi connectivity index (χ2v) is 9.69. The number of carbonyl (C=O) groups excluding carboxylic acids is 1. The number of aliphatic hydroxyl groups excluding tert-OH is 1. The number of aromatic amines is 1. The number of nitrogens with zero attached hydrogens (tertiary/aromatic N) is 1. The monoisotopic (exact) mass is 549 g/mol. The SMILES string of the molecule is CCc1cn([C@H]2O[C@@H](CNC(=O)C3c4cc(Cl)ccc4Oc4ccc(Cl)cc43)[C@H](O)[C@H]2F)c(=O)[nH]c1=O. The predicted molar refractivity (Wildman–Crippen MR) is 133 cm³/mol. The number of aryl methyl sites for hydroxylation is 1. The third-order valence-electron chi connectivity index (χ3n) is 6.52. The highest BCUT2D eigenvalue weighted by Gasteiger charge is 2.46. The minimum atomic E-state index is -1.97. The Morgan fingerprint density at radius 2 is 1.76 bits per heavy atom. The Kier molecular flexibility index (Phi) is 6.84. The van der Waals surface area contributed by atoms with Crippen molar-refractivity contribution in [1.29, 1.82) is 0 Å². The predicted octanol–water partition coefficient (Wildman–Crippen LogP) is 3.06. The molecule has 2 aliphatic heterocycles. The number of H-pyrrole nitrogens is 1. The molecule has 5 rings (SSSR count). The van der Waals surface area contributed by atoms with E-state index >= 15 is 4.39 Å². The van der Waals surface area contributed by atoms with Crippen molar-refractivity contribution in [1.82, 2.24) is 14.9 Å². The molecule has 1 amide bonds. The molecule has 0 spiro atoms. The normalized spacial score (nSPS) is 22.7. The molecule has 0 aliphatic carbocycles. The summed E-state index contributed by atoms with van der Waals surface area (Å²) in [6, 6.07) is 9.83. The first-order chi connectivity index (χ1) is 17.7. The summed E-state index contributed by atoms with van der Waals surface area (Å²) in [5.74, 6) is -0.422. The first-order valence-corrected chi connectivity index (χ1v) is 12.3. The lowest BCUT2D eigenvalue weighted by molar-refractivity contribution is -0.123. The van der Waals surface area contributed by atoms with E-state index in [2.05, 4.69) is 10.3 Å². The minimum absolute atomic E-state index is 0.251. The molecule has 1 fully saturated rings. The molecular formula is C25H22Cl2FN3O6. The van der Waals surface area contributed by atoms with Crippen molar-refractivity contribution < 1.29 is 23.8 Å². The maximum absolute atomic E-state index is 15.0. The summed E-state index contributed by atoms with van der Waals surface area (Å²) in [5.41, 5.74) is -0.146. The summed E-state index contributed by atoms with van der Waals surface area (Å²) >= 11 is 12.4. The zero-order valence-corrected chi connectivity index (χ0v) is 20.9. The van der Waals surface area contributed by atoms with Crippen LogP contribution in [-0.4, -0.2) is 45.5 Å². The maximum Gasteiger partial charge on any atom is 0.330 e. The van der Waals surface area contributed by atoms with Crippen LogP contribution in [0.4, 0.5) is 4.39 Å². The molecular weight excluding hydrogens is 528 g/mol. The lowest BCUT2D eigenvalue weighted by Gasteiger charge is -2.28. The van der Waals surface area contributed by atoms with Gasteiger partial charge >= 0.3 is 5.69 Å². The van der Waals surface area contributed by atoms with Crippen LogP contribution >= 0.6 is 23.2 Å². The van der Waals surface area contributed by atoms with Crippen LogP contribution < -0.4 is 21.3 Å². The molecule has 3 aromatic rings. The Morgan fingerprint density at radius 3 is 2.35 bits per heavy atom. The first-order valence-electron chi connectivity index (χ1n) is 11.5. The minimum Gasteiger partial charge on any atom is -0.457 e. The molecule has 0 saturated carbocycles. The van der Waals surface area contributed by atoms with Crippen molar-refractivity contribution in [2.24, 2.45) is 0 Å². The molecule has 4 atom stereocenters. The van der Waals surface area contributed by atoms with Crippen molar-refractivity contribution in [2.45, 2.75) is 43.9 Å². The van der Waals surface area contributed by atoms with Gasteiger partial charge in [-0.05, 0) is 42.8 Å². The fourth-order valence-electron chi connectivity index (χ4n) is 4.61. The molecule has 1 aromatic heterocycles. The largest absolute Gasteiger partial charge is 0.457 e. The lowest BCUT2D eigenvalue weighted by atomic mass is 9.87. The summed E-state index contributed by atoms with van der Waals surface area (Å²) < 4.78 is 27.5. The Hall–Kier alpha value is -3.18. The fraction of sp³-hybridized carbons (Fsp3) is 0.320. The summed E-state index contributed by atoms with van der Waals surface area (Å²) in [6.07, 6.45) is -4.72. The van der Waals surface area contributed by atoms with Crippen molar-refractivity contribution in [3.63, 3.8) is 0 Å². The number of fused-ring (bicyclic) bond motifs is 2. The standard InChI is InChI=1S/C25H22Cl2FN3O6/c1-2-11-10-31(25(35)30-22(11)33)24-20(28)21(32)18(37-24)9-29-23(34)19-14-7-12(26)3-5-16(14)36-17-6-4-13(27)8-15(17)19/h3-8,10,18-21,24,32H,2,9H2,1H3,(H,29,34)(H,30,33,35)/t18-,20+,21-,24-/m0/s1. The van der Waals surface area contributed by atoms with E-state index < -0.39 is 47.7 Å². The van der Waals surface area contributed by atoms with E-state index in [0.717, 1.165) is 4.57 Å². The Labute approximate surface area is 219 Å². The van der Waals surface area contributed by atoms with Crippen LogP contribution in [-0.2, 0) is 16.0 Å². The van der Waals surface area contributed by atoms with Crippen LogP contribution in [0, 0.1) is 0 Å². The van der Waals surface area contributed by atoms with Crippen LogP contribution in [0.2, 0.25) is 10.0 Å². The van der Waals surface area contributed by atoms with E-state index in [4.69, 9.17) is 32.7 Å². The molecule has 12 heteroatoms. The highest BCUT2D eigenvalue weighted by molar-refractivity contribution is 6.31. The molecule has 0 bridgehead atoms. The van der Waals surface area contributed by atoms with Gasteiger partial charge in [0.1, 0.15) is 23.7 Å². The summed E-state index contributed by atoms with van der Waals surface area (Å²) in [4.78, 5) is 39.7. The number of ether oxygens (including phenoxy) is 2. The summed E-state index contributed by atoms with van der Waals surface area (Å²) in [7, 11) is 0. The number of amides is 1. The average molecular weight is 550 g/mol. The molecule has 3 N–H and O–H groups in total. The number of benzene rings is 2. The second kappa shape index (κ2) is 9.94. The molecule has 0 radical (unpaired) electrons. The van der Waals surface area contributed by atoms with Gasteiger partial charge in [-0.1, -0.05) is 30.1 Å². The van der Waals surface area contributed by atoms with Gasteiger partial charge in [0.05, 0.1) is 5.92 Å². The molecule has 2 aromatic carbocycles. The van der Waals surface area contributed by atoms with Gasteiger partial charge in [-0.25, -0.2) is 9.18 Å². The zero-order chi connectivity index (χ0) is 26.4. The van der Waals surface area contributed by atoms with Crippen LogP contribution in [0.3, 0.4) is 0 Å². The van der Waals surface area contributed by atoms with Crippen LogP contribution in [0.5, 0.6) is 11.5 Å². The third-order valence-corrected chi connectivity index (χ3v) is 6.99. The first kappa shape index (κ1) is 25.5. The van der Waals surface area contributed by atoms with E-state index in [9.17, 15) is 19.5 Å². The van der Waals surface area contributed by atoms with Gasteiger partial charge in [0.2, 0.25) is 5.91 Å². The van der Waals surface area contributed by atoms with Gasteiger partial charge in [0, 0.05) is 39.5 Å². The number of hydrogen-bond acceptors (Lipinski definition) is 6. The lowest BCUT2D eigenvalue weighted by Crippen LogP contribution is -2.41. The molecule has 37 heavy (non-hydrogen) atoms. The molecule has 9 nitrogen and oxygen atoms in total. The Morgan fingerprint density at radius 1 is 1.14 bits per heavy atom. The van der Waals surface area contributed by atoms with E-state index in [1.165, 1.54) is 6.20 Å². The molecule has 0 unspecified atom stereocenters. The van der Waals surface area contributed by atoms with Crippen LogP contribution in [0.25, 0.3) is 0 Å². The van der Waals surface area contributed by atoms with Crippen molar-refractivity contribution in [2.75, 3.05) is 6.54 Å². The number of halogens is 3. The van der Waals surface area contributed by atoms with Gasteiger partial charge in [0.15, 0.2) is 12.4 Å². The van der Waals surface area contributed by atoms with Crippen LogP contribution in [0.1, 0.15) is 35.8 Å². The number of alkyl halides is 1. The van der Waals surface area contributed by atoms with Gasteiger partial charge < -0.3 is 19.9 Å². The second-order valence-electron chi connectivity index (χ2n) is 8.82. The van der Waals surface area contributed by atoms with Crippen LogP contribution in [0.15, 0.2) is 52.2 Å². The molecule has 3 heterocycles. The topological polar surface area (TPSA) is 123 Å². The van der Waals surface area contributed by atoms with Gasteiger partial charge in [-0.2, -0.15) is 0 Å². The van der Waals surface area contributed by atoms with Crippen molar-refractivity contribution in [3.8, 4) is 11.5 Å². The fourth-order valence-corrected chi connectivity index (χ4v) is 4.97. The van der Waals surface area contributed by atoms with E-state index in [-0.39, 0.29) is 12.1 Å². The smallest absolute Gasteiger partial charge is 0.330 e. The Balaban J connectivity index is 1.38. The summed E-state index contributed by atoms with van der Waals surface area (Å²) in [5, 5.41) is 14.0. The molecule has 1 saturated heterocycles. The molecule has 194 valence electrons. The van der Waals surface area contributed by atoms with Gasteiger partial charge in [-0.15, -0.1) is 0 Å². The number of aromatic nitrogens is 2. The van der Waals surface area contributed by atoms with Crippen molar-refractivity contribution in [3.05, 3.63) is 90.2 Å². The Bertz CT molecular complexity index is 1440. The number of nitrogens with one attached hydrogen (secondary N) is 2. The van der Waals surface area contributed by atoms with Gasteiger partial charge in [-0.3, -0.25) is 19.1 Å². The molecule has 2 aliphatic rings. The summed E-state index contributed by atoms with van der Waals surface area (Å²) in [6.45, 7) is 1.46.